The molecular weight excluding hydrogens is 412 g/mol. The largest absolute Gasteiger partial charge is 0.462 e. The third kappa shape index (κ3) is 3.67. The summed E-state index contributed by atoms with van der Waals surface area (Å²) in [7, 11) is 0. The van der Waals surface area contributed by atoms with Crippen molar-refractivity contribution in [1.29, 1.82) is 0 Å². The Morgan fingerprint density at radius 1 is 0.938 bits per heavy atom. The Hall–Kier alpha value is -2.18. The maximum absolute atomic E-state index is 13.0. The van der Waals surface area contributed by atoms with Crippen molar-refractivity contribution in [3.05, 3.63) is 11.6 Å². The Labute approximate surface area is 189 Å². The summed E-state index contributed by atoms with van der Waals surface area (Å²) in [5.74, 6) is -0.943. The van der Waals surface area contributed by atoms with Crippen molar-refractivity contribution < 1.29 is 33.4 Å². The van der Waals surface area contributed by atoms with Crippen LogP contribution in [0.2, 0.25) is 0 Å². The van der Waals surface area contributed by atoms with Crippen molar-refractivity contribution >= 4 is 23.7 Å². The highest BCUT2D eigenvalue weighted by molar-refractivity contribution is 5.87. The molecule has 7 heteroatoms. The van der Waals surface area contributed by atoms with Gasteiger partial charge < -0.3 is 14.2 Å². The average molecular weight is 447 g/mol. The smallest absolute Gasteiger partial charge is 0.303 e. The van der Waals surface area contributed by atoms with Gasteiger partial charge in [0.1, 0.15) is 24.1 Å². The normalized spacial score (nSPS) is 42.7. The number of fused-ring (bicyclic) bond motifs is 5. The van der Waals surface area contributed by atoms with Crippen molar-refractivity contribution in [2.75, 3.05) is 0 Å². The lowest BCUT2D eigenvalue weighted by Gasteiger charge is -2.60. The molecule has 0 aromatic heterocycles. The summed E-state index contributed by atoms with van der Waals surface area (Å²) >= 11 is 0. The van der Waals surface area contributed by atoms with Gasteiger partial charge in [-0.15, -0.1) is 0 Å². The monoisotopic (exact) mass is 446 g/mol. The van der Waals surface area contributed by atoms with E-state index in [1.807, 2.05) is 13.0 Å². The SMILES string of the molecule is CC(=O)OC1C[C@]2(C)C(=O)CC[C@H]2[C@H]2C1[C@@]1(C)CC[C@H](OC(C)=O)CC1=C[C@@H]2OC(C)=O. The van der Waals surface area contributed by atoms with E-state index in [1.165, 1.54) is 20.8 Å². The fourth-order valence-electron chi connectivity index (χ4n) is 7.41. The number of rotatable bonds is 3. The molecule has 7 nitrogen and oxygen atoms in total. The molecular formula is C25H34O7. The van der Waals surface area contributed by atoms with E-state index in [-0.39, 0.29) is 53.0 Å². The first-order chi connectivity index (χ1) is 15.0. The molecule has 0 heterocycles. The Bertz CT molecular complexity index is 876. The number of esters is 3. The number of ketones is 1. The zero-order chi connectivity index (χ0) is 23.4. The van der Waals surface area contributed by atoms with Gasteiger partial charge in [-0.25, -0.2) is 0 Å². The molecule has 0 N–H and O–H groups in total. The van der Waals surface area contributed by atoms with Gasteiger partial charge in [0.15, 0.2) is 0 Å². The van der Waals surface area contributed by atoms with E-state index in [1.54, 1.807) is 0 Å². The lowest BCUT2D eigenvalue weighted by Crippen LogP contribution is -2.61. The minimum Gasteiger partial charge on any atom is -0.462 e. The first-order valence-electron chi connectivity index (χ1n) is 11.7. The van der Waals surface area contributed by atoms with Crippen LogP contribution >= 0.6 is 0 Å². The van der Waals surface area contributed by atoms with Gasteiger partial charge in [-0.3, -0.25) is 19.2 Å². The Balaban J connectivity index is 1.81. The third-order valence-electron chi connectivity index (χ3n) is 8.64. The molecule has 3 saturated carbocycles. The van der Waals surface area contributed by atoms with Gasteiger partial charge in [0.2, 0.25) is 0 Å². The number of ether oxygens (including phenoxy) is 3. The van der Waals surface area contributed by atoms with E-state index in [0.29, 0.717) is 19.3 Å². The van der Waals surface area contributed by atoms with Gasteiger partial charge in [0, 0.05) is 50.9 Å². The van der Waals surface area contributed by atoms with Crippen molar-refractivity contribution in [1.82, 2.24) is 0 Å². The van der Waals surface area contributed by atoms with Gasteiger partial charge in [0.25, 0.3) is 0 Å². The highest BCUT2D eigenvalue weighted by Crippen LogP contribution is 2.65. The Morgan fingerprint density at radius 3 is 2.22 bits per heavy atom. The van der Waals surface area contributed by atoms with E-state index in [0.717, 1.165) is 24.8 Å². The van der Waals surface area contributed by atoms with Crippen LogP contribution in [0, 0.1) is 28.6 Å². The van der Waals surface area contributed by atoms with Crippen LogP contribution in [-0.2, 0) is 33.4 Å². The highest BCUT2D eigenvalue weighted by Gasteiger charge is 2.65. The fraction of sp³-hybridized carbons (Fsp3) is 0.760. The molecule has 0 aromatic carbocycles. The number of hydrogen-bond donors (Lipinski definition) is 0. The third-order valence-corrected chi connectivity index (χ3v) is 8.64. The van der Waals surface area contributed by atoms with Crippen LogP contribution < -0.4 is 0 Å². The second-order valence-corrected chi connectivity index (χ2v) is 10.6. The van der Waals surface area contributed by atoms with E-state index >= 15 is 0 Å². The highest BCUT2D eigenvalue weighted by atomic mass is 16.6. The molecule has 4 aliphatic rings. The average Bonchev–Trinajstić information content (AvgIpc) is 2.95. The molecule has 4 aliphatic carbocycles. The zero-order valence-corrected chi connectivity index (χ0v) is 19.6. The van der Waals surface area contributed by atoms with Gasteiger partial charge >= 0.3 is 17.9 Å². The summed E-state index contributed by atoms with van der Waals surface area (Å²) in [6.45, 7) is 8.40. The van der Waals surface area contributed by atoms with Gasteiger partial charge in [0.05, 0.1) is 0 Å². The summed E-state index contributed by atoms with van der Waals surface area (Å²) in [6.07, 6.45) is 4.74. The summed E-state index contributed by atoms with van der Waals surface area (Å²) in [5.41, 5.74) is 0.217. The van der Waals surface area contributed by atoms with Crippen LogP contribution in [0.1, 0.15) is 73.1 Å². The molecule has 0 bridgehead atoms. The van der Waals surface area contributed by atoms with Gasteiger partial charge in [-0.2, -0.15) is 0 Å². The summed E-state index contributed by atoms with van der Waals surface area (Å²) < 4.78 is 17.2. The molecule has 2 unspecified atom stereocenters. The van der Waals surface area contributed by atoms with Crippen molar-refractivity contribution in [2.24, 2.45) is 28.6 Å². The summed E-state index contributed by atoms with van der Waals surface area (Å²) in [5, 5.41) is 0. The predicted octanol–water partition coefficient (Wildman–Crippen LogP) is 3.53. The number of hydrogen-bond acceptors (Lipinski definition) is 7. The van der Waals surface area contributed by atoms with Crippen molar-refractivity contribution in [2.45, 2.75) is 91.5 Å². The van der Waals surface area contributed by atoms with Crippen molar-refractivity contribution in [3.8, 4) is 0 Å². The standard InChI is InChI=1S/C25H34O7/c1-13(26)30-17-8-9-24(4)16(10-17)11-19(31-14(2)27)22-18-6-7-21(29)25(18,5)12-20(23(22)24)32-15(3)28/h11,17-20,22-23H,6-10,12H2,1-5H3/t17-,18-,19-,20?,22+,23?,24-,25-/m0/s1. The molecule has 176 valence electrons. The van der Waals surface area contributed by atoms with Gasteiger partial charge in [-0.1, -0.05) is 19.4 Å². The van der Waals surface area contributed by atoms with E-state index in [9.17, 15) is 19.2 Å². The quantitative estimate of drug-likeness (QED) is 0.372. The van der Waals surface area contributed by atoms with Crippen LogP contribution in [0.3, 0.4) is 0 Å². The van der Waals surface area contributed by atoms with E-state index in [2.05, 4.69) is 6.92 Å². The first kappa shape index (κ1) is 23.0. The number of carbonyl (C=O) groups is 4. The molecule has 0 aliphatic heterocycles. The molecule has 32 heavy (non-hydrogen) atoms. The fourth-order valence-corrected chi connectivity index (χ4v) is 7.41. The summed E-state index contributed by atoms with van der Waals surface area (Å²) in [6, 6.07) is 0. The molecule has 4 rings (SSSR count). The van der Waals surface area contributed by atoms with Crippen LogP contribution in [0.4, 0.5) is 0 Å². The van der Waals surface area contributed by atoms with Crippen LogP contribution in [-0.4, -0.2) is 42.0 Å². The molecule has 3 fully saturated rings. The molecule has 0 radical (unpaired) electrons. The second kappa shape index (κ2) is 7.99. The zero-order valence-electron chi connectivity index (χ0n) is 19.6. The predicted molar refractivity (Wildman–Crippen MR) is 114 cm³/mol. The maximum Gasteiger partial charge on any atom is 0.303 e. The molecule has 0 aromatic rings. The lowest BCUT2D eigenvalue weighted by atomic mass is 9.46. The molecule has 0 spiro atoms. The minimum atomic E-state index is -0.587. The molecule has 0 amide bonds. The molecule has 0 saturated heterocycles. The topological polar surface area (TPSA) is 96.0 Å². The number of Topliss-reactive ketones (excluding diaryl/α,β-unsaturated/α-hetero) is 1. The number of carbonyl (C=O) groups excluding carboxylic acids is 4. The Morgan fingerprint density at radius 2 is 1.59 bits per heavy atom. The lowest BCUT2D eigenvalue weighted by molar-refractivity contribution is -0.189. The van der Waals surface area contributed by atoms with Crippen molar-refractivity contribution in [3.63, 3.8) is 0 Å². The van der Waals surface area contributed by atoms with Crippen LogP contribution in [0.15, 0.2) is 11.6 Å². The van der Waals surface area contributed by atoms with Gasteiger partial charge in [-0.05, 0) is 43.1 Å². The summed E-state index contributed by atoms with van der Waals surface area (Å²) in [4.78, 5) is 48.7. The molecule has 8 atom stereocenters. The minimum absolute atomic E-state index is 0.0666. The second-order valence-electron chi connectivity index (χ2n) is 10.6. The first-order valence-corrected chi connectivity index (χ1v) is 11.7. The maximum atomic E-state index is 13.0. The van der Waals surface area contributed by atoms with E-state index < -0.39 is 17.6 Å². The van der Waals surface area contributed by atoms with Crippen LogP contribution in [0.25, 0.3) is 0 Å². The Kier molecular flexibility index (Phi) is 5.74. The van der Waals surface area contributed by atoms with Crippen LogP contribution in [0.5, 0.6) is 0 Å². The van der Waals surface area contributed by atoms with E-state index in [4.69, 9.17) is 14.2 Å².